The summed E-state index contributed by atoms with van der Waals surface area (Å²) >= 11 is 11.2. The standard InChI is InChI=1S/C9H5Cl2F3O2/c10-6-2-1-5(3-7(6)11)8(15)16-4-9(12,13)14/h1-3H,4H2. The molecule has 0 saturated carbocycles. The van der Waals surface area contributed by atoms with E-state index in [2.05, 4.69) is 4.74 Å². The molecule has 0 unspecified atom stereocenters. The van der Waals surface area contributed by atoms with Crippen molar-refractivity contribution in [2.75, 3.05) is 6.61 Å². The van der Waals surface area contributed by atoms with Crippen molar-refractivity contribution in [2.45, 2.75) is 6.18 Å². The third-order valence-electron chi connectivity index (χ3n) is 1.52. The van der Waals surface area contributed by atoms with Gasteiger partial charge in [0.25, 0.3) is 0 Å². The summed E-state index contributed by atoms with van der Waals surface area (Å²) < 4.78 is 39.3. The molecule has 16 heavy (non-hydrogen) atoms. The van der Waals surface area contributed by atoms with Crippen LogP contribution < -0.4 is 0 Å². The molecule has 1 aromatic rings. The van der Waals surface area contributed by atoms with Gasteiger partial charge in [-0.05, 0) is 18.2 Å². The first kappa shape index (κ1) is 13.1. The zero-order chi connectivity index (χ0) is 12.3. The van der Waals surface area contributed by atoms with Crippen LogP contribution in [0.15, 0.2) is 18.2 Å². The molecule has 1 aromatic carbocycles. The van der Waals surface area contributed by atoms with Gasteiger partial charge in [0.2, 0.25) is 0 Å². The monoisotopic (exact) mass is 272 g/mol. The second-order valence-corrected chi connectivity index (χ2v) is 3.63. The van der Waals surface area contributed by atoms with E-state index >= 15 is 0 Å². The fourth-order valence-electron chi connectivity index (χ4n) is 0.854. The summed E-state index contributed by atoms with van der Waals surface area (Å²) in [5.41, 5.74) is -0.0846. The highest BCUT2D eigenvalue weighted by Crippen LogP contribution is 2.23. The fraction of sp³-hybridized carbons (Fsp3) is 0.222. The van der Waals surface area contributed by atoms with Crippen LogP contribution in [0.3, 0.4) is 0 Å². The van der Waals surface area contributed by atoms with Crippen molar-refractivity contribution in [1.29, 1.82) is 0 Å². The summed E-state index contributed by atoms with van der Waals surface area (Å²) in [5.74, 6) is -1.10. The zero-order valence-electron chi connectivity index (χ0n) is 7.65. The van der Waals surface area contributed by atoms with Crippen LogP contribution in [0.4, 0.5) is 13.2 Å². The normalized spacial score (nSPS) is 11.3. The van der Waals surface area contributed by atoms with E-state index in [-0.39, 0.29) is 15.6 Å². The average Bonchev–Trinajstić information content (AvgIpc) is 2.17. The summed E-state index contributed by atoms with van der Waals surface area (Å²) in [6, 6.07) is 3.67. The lowest BCUT2D eigenvalue weighted by molar-refractivity contribution is -0.161. The van der Waals surface area contributed by atoms with Gasteiger partial charge in [0.15, 0.2) is 6.61 Å². The molecule has 0 heterocycles. The minimum Gasteiger partial charge on any atom is -0.452 e. The van der Waals surface area contributed by atoms with E-state index in [0.717, 1.165) is 6.07 Å². The van der Waals surface area contributed by atoms with Gasteiger partial charge in [0, 0.05) is 0 Å². The second-order valence-electron chi connectivity index (χ2n) is 2.82. The number of hydrogen-bond acceptors (Lipinski definition) is 2. The Balaban J connectivity index is 2.70. The molecule has 7 heteroatoms. The van der Waals surface area contributed by atoms with Crippen molar-refractivity contribution in [2.24, 2.45) is 0 Å². The van der Waals surface area contributed by atoms with Gasteiger partial charge in [-0.25, -0.2) is 4.79 Å². The van der Waals surface area contributed by atoms with E-state index in [1.807, 2.05) is 0 Å². The van der Waals surface area contributed by atoms with E-state index < -0.39 is 18.8 Å². The Kier molecular flexibility index (Phi) is 4.04. The Morgan fingerprint density at radius 1 is 1.25 bits per heavy atom. The van der Waals surface area contributed by atoms with E-state index in [1.54, 1.807) is 0 Å². The van der Waals surface area contributed by atoms with Crippen LogP contribution in [0.5, 0.6) is 0 Å². The molecular formula is C9H5Cl2F3O2. The van der Waals surface area contributed by atoms with Crippen molar-refractivity contribution in [3.05, 3.63) is 33.8 Å². The minimum atomic E-state index is -4.55. The number of ether oxygens (including phenoxy) is 1. The Hall–Kier alpha value is -0.940. The summed E-state index contributed by atoms with van der Waals surface area (Å²) in [4.78, 5) is 11.1. The number of carbonyl (C=O) groups excluding carboxylic acids is 1. The van der Waals surface area contributed by atoms with Crippen LogP contribution in [0.25, 0.3) is 0 Å². The van der Waals surface area contributed by atoms with Crippen LogP contribution in [0.1, 0.15) is 10.4 Å². The first-order valence-corrected chi connectivity index (χ1v) is 4.74. The molecule has 0 atom stereocenters. The highest BCUT2D eigenvalue weighted by Gasteiger charge is 2.29. The Morgan fingerprint density at radius 2 is 1.88 bits per heavy atom. The number of halogens is 5. The minimum absolute atomic E-state index is 0.0723. The molecule has 0 spiro atoms. The lowest BCUT2D eigenvalue weighted by Crippen LogP contribution is -2.20. The van der Waals surface area contributed by atoms with Crippen molar-refractivity contribution in [3.63, 3.8) is 0 Å². The summed E-state index contributed by atoms with van der Waals surface area (Å²) in [6.45, 7) is -1.63. The van der Waals surface area contributed by atoms with Crippen LogP contribution in [0, 0.1) is 0 Å². The molecule has 0 aromatic heterocycles. The van der Waals surface area contributed by atoms with Gasteiger partial charge >= 0.3 is 12.1 Å². The Bertz CT molecular complexity index is 404. The van der Waals surface area contributed by atoms with Gasteiger partial charge in [-0.1, -0.05) is 23.2 Å². The van der Waals surface area contributed by atoms with Crippen LogP contribution in [-0.4, -0.2) is 18.8 Å². The SMILES string of the molecule is O=C(OCC(F)(F)F)c1ccc(Cl)c(Cl)c1. The number of rotatable bonds is 2. The van der Waals surface area contributed by atoms with Crippen molar-refractivity contribution >= 4 is 29.2 Å². The predicted molar refractivity (Wildman–Crippen MR) is 52.8 cm³/mol. The van der Waals surface area contributed by atoms with E-state index in [0.29, 0.717) is 0 Å². The molecule has 0 saturated heterocycles. The second kappa shape index (κ2) is 4.93. The maximum Gasteiger partial charge on any atom is 0.422 e. The molecule has 0 aliphatic carbocycles. The van der Waals surface area contributed by atoms with Crippen LogP contribution in [0.2, 0.25) is 10.0 Å². The first-order chi connectivity index (χ1) is 7.29. The molecule has 0 aliphatic rings. The maximum absolute atomic E-state index is 11.8. The van der Waals surface area contributed by atoms with Gasteiger partial charge in [0.1, 0.15) is 0 Å². The van der Waals surface area contributed by atoms with Gasteiger partial charge in [0.05, 0.1) is 15.6 Å². The predicted octanol–water partition coefficient (Wildman–Crippen LogP) is 3.71. The van der Waals surface area contributed by atoms with Gasteiger partial charge in [-0.15, -0.1) is 0 Å². The number of hydrogen-bond donors (Lipinski definition) is 0. The Labute approximate surface area is 98.9 Å². The quantitative estimate of drug-likeness (QED) is 0.768. The Morgan fingerprint density at radius 3 is 2.38 bits per heavy atom. The summed E-state index contributed by atoms with van der Waals surface area (Å²) in [6.07, 6.45) is -4.55. The first-order valence-electron chi connectivity index (χ1n) is 3.98. The highest BCUT2D eigenvalue weighted by atomic mass is 35.5. The lowest BCUT2D eigenvalue weighted by Gasteiger charge is -2.08. The van der Waals surface area contributed by atoms with Gasteiger partial charge in [-0.3, -0.25) is 0 Å². The molecule has 0 amide bonds. The van der Waals surface area contributed by atoms with Gasteiger partial charge in [-0.2, -0.15) is 13.2 Å². The summed E-state index contributed by atoms with van der Waals surface area (Å²) in [5, 5.41) is 0.275. The average molecular weight is 273 g/mol. The largest absolute Gasteiger partial charge is 0.452 e. The number of alkyl halides is 3. The number of esters is 1. The van der Waals surface area contributed by atoms with Crippen molar-refractivity contribution in [1.82, 2.24) is 0 Å². The van der Waals surface area contributed by atoms with E-state index in [1.165, 1.54) is 12.1 Å². The molecular weight excluding hydrogens is 268 g/mol. The lowest BCUT2D eigenvalue weighted by atomic mass is 10.2. The smallest absolute Gasteiger partial charge is 0.422 e. The molecule has 0 bridgehead atoms. The molecule has 1 rings (SSSR count). The topological polar surface area (TPSA) is 26.3 Å². The van der Waals surface area contributed by atoms with E-state index in [4.69, 9.17) is 23.2 Å². The highest BCUT2D eigenvalue weighted by molar-refractivity contribution is 6.42. The van der Waals surface area contributed by atoms with Gasteiger partial charge < -0.3 is 4.74 Å². The van der Waals surface area contributed by atoms with E-state index in [9.17, 15) is 18.0 Å². The number of benzene rings is 1. The molecule has 0 radical (unpaired) electrons. The fourth-order valence-corrected chi connectivity index (χ4v) is 1.15. The third-order valence-corrected chi connectivity index (χ3v) is 2.26. The van der Waals surface area contributed by atoms with Crippen LogP contribution >= 0.6 is 23.2 Å². The molecule has 88 valence electrons. The molecule has 2 nitrogen and oxygen atoms in total. The summed E-state index contributed by atoms with van der Waals surface area (Å²) in [7, 11) is 0. The maximum atomic E-state index is 11.8. The van der Waals surface area contributed by atoms with Crippen molar-refractivity contribution < 1.29 is 22.7 Å². The number of carbonyl (C=O) groups is 1. The zero-order valence-corrected chi connectivity index (χ0v) is 9.16. The van der Waals surface area contributed by atoms with Crippen LogP contribution in [-0.2, 0) is 4.74 Å². The molecule has 0 N–H and O–H groups in total. The molecule has 0 aliphatic heterocycles. The van der Waals surface area contributed by atoms with Crippen molar-refractivity contribution in [3.8, 4) is 0 Å². The third kappa shape index (κ3) is 3.90. The molecule has 0 fully saturated rings.